The van der Waals surface area contributed by atoms with Crippen molar-refractivity contribution < 1.29 is 18.3 Å². The maximum Gasteiger partial charge on any atom is 0.263 e. The molecule has 0 spiro atoms. The predicted octanol–water partition coefficient (Wildman–Crippen LogP) is 7.51. The van der Waals surface area contributed by atoms with Gasteiger partial charge in [0.1, 0.15) is 36.2 Å². The van der Waals surface area contributed by atoms with Crippen LogP contribution in [0.25, 0.3) is 0 Å². The fraction of sp³-hybridized carbons (Fsp3) is 0.438. The van der Waals surface area contributed by atoms with Crippen molar-refractivity contribution in [3.05, 3.63) is 77.3 Å². The summed E-state index contributed by atoms with van der Waals surface area (Å²) in [5.41, 5.74) is -1.24. The van der Waals surface area contributed by atoms with Gasteiger partial charge in [-0.3, -0.25) is 0 Å². The van der Waals surface area contributed by atoms with Crippen LogP contribution in [0.5, 0.6) is 5.75 Å². The second-order valence-electron chi connectivity index (χ2n) is 10.5. The Morgan fingerprint density at radius 1 is 0.975 bits per heavy atom. The number of benzene rings is 2. The Morgan fingerprint density at radius 2 is 1.65 bits per heavy atom. The third kappa shape index (κ3) is 7.02. The lowest BCUT2D eigenvalue weighted by atomic mass is 9.59. The van der Waals surface area contributed by atoms with Crippen LogP contribution in [-0.2, 0) is 16.7 Å². The van der Waals surface area contributed by atoms with Gasteiger partial charge in [-0.1, -0.05) is 50.4 Å². The fourth-order valence-corrected chi connectivity index (χ4v) is 5.30. The summed E-state index contributed by atoms with van der Waals surface area (Å²) in [4.78, 5) is 4.29. The lowest BCUT2D eigenvalue weighted by Crippen LogP contribution is -2.65. The first-order valence-corrected chi connectivity index (χ1v) is 13.5. The van der Waals surface area contributed by atoms with E-state index in [0.29, 0.717) is 30.0 Å². The zero-order valence-electron chi connectivity index (χ0n) is 23.7. The summed E-state index contributed by atoms with van der Waals surface area (Å²) in [5, 5.41) is 5.27. The largest absolute Gasteiger partial charge is 0.494 e. The van der Waals surface area contributed by atoms with E-state index in [1.807, 2.05) is 28.9 Å². The minimum Gasteiger partial charge on any atom is -0.494 e. The van der Waals surface area contributed by atoms with Gasteiger partial charge in [0.15, 0.2) is 0 Å². The van der Waals surface area contributed by atoms with E-state index >= 15 is 0 Å². The molecule has 0 fully saturated rings. The van der Waals surface area contributed by atoms with Crippen molar-refractivity contribution in [1.82, 2.24) is 14.8 Å². The molecule has 3 aromatic rings. The van der Waals surface area contributed by atoms with Crippen LogP contribution in [0.1, 0.15) is 65.0 Å². The summed E-state index contributed by atoms with van der Waals surface area (Å²) in [6.07, 6.45) is 1.99. The second-order valence-corrected chi connectivity index (χ2v) is 11.0. The van der Waals surface area contributed by atoms with Crippen LogP contribution in [-0.4, -0.2) is 33.6 Å². The van der Waals surface area contributed by atoms with Gasteiger partial charge in [-0.2, -0.15) is 5.10 Å². The van der Waals surface area contributed by atoms with Gasteiger partial charge in [0.05, 0.1) is 6.61 Å². The molecule has 40 heavy (non-hydrogen) atoms. The summed E-state index contributed by atoms with van der Waals surface area (Å²) >= 11 is 6.22. The highest BCUT2D eigenvalue weighted by atomic mass is 35.5. The molecule has 3 rings (SSSR count). The minimum atomic E-state index is -2.54. The van der Waals surface area contributed by atoms with Crippen molar-refractivity contribution in [3.63, 3.8) is 0 Å². The Hall–Kier alpha value is -3.39. The molecule has 2 atom stereocenters. The number of rotatable bonds is 12. The molecule has 0 aliphatic rings. The molecule has 0 bridgehead atoms. The van der Waals surface area contributed by atoms with Crippen LogP contribution in [0.2, 0.25) is 5.02 Å². The van der Waals surface area contributed by atoms with Gasteiger partial charge in [0.25, 0.3) is 6.43 Å². The van der Waals surface area contributed by atoms with Crippen LogP contribution in [0.15, 0.2) is 61.2 Å². The van der Waals surface area contributed by atoms with E-state index in [4.69, 9.17) is 21.1 Å². The predicted molar refractivity (Wildman–Crippen MR) is 154 cm³/mol. The first-order valence-electron chi connectivity index (χ1n) is 13.1. The van der Waals surface area contributed by atoms with Gasteiger partial charge < -0.3 is 9.47 Å². The Balaban J connectivity index is 2.16. The standard InChI is InChI=1S/C32H36ClF2N3O2/c1-6-8-18-31(38-24-36-23-37-38,19-21-39-28-16-12-26(13-17-28)29(34)35)32(30(3,4)5,40-20-9-7-2)22-25-10-14-27(33)15-11-25/h10-17,23-24,29H,18-22H2,1-5H3. The number of aromatic nitrogens is 3. The number of hydrogen-bond acceptors (Lipinski definition) is 4. The average Bonchev–Trinajstić information content (AvgIpc) is 3.47. The average molecular weight is 568 g/mol. The summed E-state index contributed by atoms with van der Waals surface area (Å²) in [6.45, 7) is 10.4. The smallest absolute Gasteiger partial charge is 0.263 e. The molecule has 0 saturated heterocycles. The maximum atomic E-state index is 13.1. The van der Waals surface area contributed by atoms with Crippen LogP contribution < -0.4 is 4.74 Å². The molecule has 0 amide bonds. The molecule has 5 nitrogen and oxygen atoms in total. The van der Waals surface area contributed by atoms with E-state index in [0.717, 1.165) is 5.56 Å². The summed E-state index contributed by atoms with van der Waals surface area (Å²) in [6, 6.07) is 13.6. The van der Waals surface area contributed by atoms with Crippen molar-refractivity contribution in [2.45, 2.75) is 71.4 Å². The molecule has 212 valence electrons. The molecule has 1 heterocycles. The van der Waals surface area contributed by atoms with E-state index in [1.165, 1.54) is 18.5 Å². The van der Waals surface area contributed by atoms with Gasteiger partial charge in [0.2, 0.25) is 0 Å². The lowest BCUT2D eigenvalue weighted by molar-refractivity contribution is -0.188. The summed E-state index contributed by atoms with van der Waals surface area (Å²) in [7, 11) is 0. The second kappa shape index (κ2) is 13.8. The molecular formula is C32H36ClF2N3O2. The van der Waals surface area contributed by atoms with Gasteiger partial charge in [-0.05, 0) is 61.2 Å². The molecule has 0 aliphatic carbocycles. The van der Waals surface area contributed by atoms with E-state index < -0.39 is 23.0 Å². The number of nitrogens with zero attached hydrogens (tertiary/aromatic N) is 3. The minimum absolute atomic E-state index is 0.0531. The molecule has 0 N–H and O–H groups in total. The Kier molecular flexibility index (Phi) is 10.7. The molecule has 1 aromatic heterocycles. The zero-order chi connectivity index (χ0) is 29.2. The molecule has 0 radical (unpaired) electrons. The Labute approximate surface area is 241 Å². The van der Waals surface area contributed by atoms with Crippen molar-refractivity contribution >= 4 is 11.6 Å². The van der Waals surface area contributed by atoms with Crippen LogP contribution >= 0.6 is 11.6 Å². The molecule has 0 saturated carbocycles. The van der Waals surface area contributed by atoms with E-state index in [-0.39, 0.29) is 18.8 Å². The molecule has 0 aliphatic heterocycles. The van der Waals surface area contributed by atoms with E-state index in [1.54, 1.807) is 32.3 Å². The third-order valence-electron chi connectivity index (χ3n) is 7.23. The van der Waals surface area contributed by atoms with Gasteiger partial charge >= 0.3 is 0 Å². The Bertz CT molecular complexity index is 1330. The van der Waals surface area contributed by atoms with Crippen molar-refractivity contribution in [2.24, 2.45) is 5.41 Å². The van der Waals surface area contributed by atoms with Gasteiger partial charge in [0, 0.05) is 29.8 Å². The number of hydrogen-bond donors (Lipinski definition) is 0. The lowest BCUT2D eigenvalue weighted by Gasteiger charge is -2.56. The van der Waals surface area contributed by atoms with Crippen LogP contribution in [0, 0.1) is 29.1 Å². The van der Waals surface area contributed by atoms with Crippen molar-refractivity contribution in [1.29, 1.82) is 0 Å². The maximum absolute atomic E-state index is 13.1. The molecule has 2 aromatic carbocycles. The van der Waals surface area contributed by atoms with Crippen LogP contribution in [0.4, 0.5) is 8.78 Å². The number of halogens is 3. The normalized spacial score (nSPS) is 14.3. The first-order chi connectivity index (χ1) is 19.1. The van der Waals surface area contributed by atoms with Crippen LogP contribution in [0.3, 0.4) is 0 Å². The number of ether oxygens (including phenoxy) is 2. The monoisotopic (exact) mass is 567 g/mol. The number of alkyl halides is 2. The molecule has 2 unspecified atom stereocenters. The topological polar surface area (TPSA) is 49.2 Å². The highest BCUT2D eigenvalue weighted by molar-refractivity contribution is 6.30. The highest BCUT2D eigenvalue weighted by Gasteiger charge is 2.60. The highest BCUT2D eigenvalue weighted by Crippen LogP contribution is 2.51. The fourth-order valence-electron chi connectivity index (χ4n) is 5.18. The molecular weight excluding hydrogens is 532 g/mol. The van der Waals surface area contributed by atoms with Gasteiger partial charge in [-0.15, -0.1) is 17.8 Å². The quantitative estimate of drug-likeness (QED) is 0.212. The molecule has 8 heteroatoms. The van der Waals surface area contributed by atoms with E-state index in [9.17, 15) is 8.78 Å². The van der Waals surface area contributed by atoms with E-state index in [2.05, 4.69) is 54.5 Å². The summed E-state index contributed by atoms with van der Waals surface area (Å²) in [5.74, 6) is 12.8. The zero-order valence-corrected chi connectivity index (χ0v) is 24.4. The Morgan fingerprint density at radius 3 is 2.20 bits per heavy atom. The summed E-state index contributed by atoms with van der Waals surface area (Å²) < 4.78 is 41.0. The third-order valence-corrected chi connectivity index (χ3v) is 7.48. The van der Waals surface area contributed by atoms with Gasteiger partial charge in [-0.25, -0.2) is 18.4 Å². The van der Waals surface area contributed by atoms with Crippen molar-refractivity contribution in [2.75, 3.05) is 13.2 Å². The first kappa shape index (κ1) is 31.1. The van der Waals surface area contributed by atoms with Crippen molar-refractivity contribution in [3.8, 4) is 29.4 Å². The SMILES string of the molecule is CC#CCOC(Cc1ccc(Cl)cc1)(C(C)(C)C)C(CC#CC)(CCOc1ccc(C(F)F)cc1)n1cncn1.